The van der Waals surface area contributed by atoms with Crippen molar-refractivity contribution in [1.82, 2.24) is 29.9 Å². The summed E-state index contributed by atoms with van der Waals surface area (Å²) in [5.74, 6) is 1.86. The Bertz CT molecular complexity index is 908. The van der Waals surface area contributed by atoms with E-state index in [1.54, 1.807) is 10.9 Å². The highest BCUT2D eigenvalue weighted by atomic mass is 32.1. The van der Waals surface area contributed by atoms with Gasteiger partial charge in [0.05, 0.1) is 16.6 Å². The summed E-state index contributed by atoms with van der Waals surface area (Å²) in [5.41, 5.74) is 2.00. The van der Waals surface area contributed by atoms with Crippen LogP contribution in [0, 0.1) is 6.92 Å². The monoisotopic (exact) mass is 356 g/mol. The van der Waals surface area contributed by atoms with Gasteiger partial charge in [-0.05, 0) is 36.8 Å². The summed E-state index contributed by atoms with van der Waals surface area (Å²) in [5, 5.41) is 18.0. The summed E-state index contributed by atoms with van der Waals surface area (Å²) < 4.78 is 3.92. The van der Waals surface area contributed by atoms with Crippen LogP contribution in [-0.4, -0.2) is 36.5 Å². The van der Waals surface area contributed by atoms with E-state index in [0.29, 0.717) is 0 Å². The number of aryl methyl sites for hydroxylation is 3. The normalized spacial score (nSPS) is 17.1. The van der Waals surface area contributed by atoms with E-state index in [2.05, 4.69) is 25.2 Å². The lowest BCUT2D eigenvalue weighted by atomic mass is 10.1. The van der Waals surface area contributed by atoms with E-state index in [1.807, 2.05) is 31.6 Å². The lowest BCUT2D eigenvalue weighted by Crippen LogP contribution is -2.35. The second-order valence-electron chi connectivity index (χ2n) is 6.42. The van der Waals surface area contributed by atoms with Crippen molar-refractivity contribution in [3.05, 3.63) is 40.1 Å². The fourth-order valence-electron chi connectivity index (χ4n) is 3.24. The maximum absolute atomic E-state index is 12.5. The van der Waals surface area contributed by atoms with Gasteiger partial charge in [-0.15, -0.1) is 21.5 Å². The molecule has 1 aliphatic rings. The summed E-state index contributed by atoms with van der Waals surface area (Å²) in [6.07, 6.45) is 6.31. The first-order valence-corrected chi connectivity index (χ1v) is 9.26. The third kappa shape index (κ3) is 3.09. The quantitative estimate of drug-likeness (QED) is 0.780. The van der Waals surface area contributed by atoms with Crippen LogP contribution >= 0.6 is 11.3 Å². The summed E-state index contributed by atoms with van der Waals surface area (Å²) in [7, 11) is 1.89. The number of aromatic nitrogens is 5. The van der Waals surface area contributed by atoms with E-state index in [1.165, 1.54) is 11.3 Å². The Balaban J connectivity index is 1.48. The molecule has 1 unspecified atom stereocenters. The van der Waals surface area contributed by atoms with Crippen molar-refractivity contribution in [3.8, 4) is 11.4 Å². The number of carbonyl (C=O) groups is 1. The molecule has 7 nitrogen and oxygen atoms in total. The van der Waals surface area contributed by atoms with Gasteiger partial charge in [0, 0.05) is 32.3 Å². The van der Waals surface area contributed by atoms with E-state index in [-0.39, 0.29) is 11.9 Å². The van der Waals surface area contributed by atoms with Crippen LogP contribution in [0.3, 0.4) is 0 Å². The van der Waals surface area contributed by atoms with E-state index in [4.69, 9.17) is 0 Å². The van der Waals surface area contributed by atoms with E-state index < -0.39 is 0 Å². The average Bonchev–Trinajstić information content (AvgIpc) is 3.27. The highest BCUT2D eigenvalue weighted by Gasteiger charge is 2.23. The van der Waals surface area contributed by atoms with Gasteiger partial charge < -0.3 is 9.88 Å². The minimum absolute atomic E-state index is 0.0302. The summed E-state index contributed by atoms with van der Waals surface area (Å²) in [4.78, 5) is 13.3. The Morgan fingerprint density at radius 2 is 2.24 bits per heavy atom. The molecule has 8 heteroatoms. The van der Waals surface area contributed by atoms with Gasteiger partial charge in [0.25, 0.3) is 5.91 Å². The number of carbonyl (C=O) groups excluding carboxylic acids is 1. The van der Waals surface area contributed by atoms with Crippen molar-refractivity contribution >= 4 is 17.2 Å². The molecule has 0 aromatic carbocycles. The molecule has 25 heavy (non-hydrogen) atoms. The largest absolute Gasteiger partial charge is 0.349 e. The van der Waals surface area contributed by atoms with Crippen LogP contribution in [-0.2, 0) is 20.0 Å². The summed E-state index contributed by atoms with van der Waals surface area (Å²) >= 11 is 1.49. The SMILES string of the molecule is Cc1ccsc1C(=O)NC1CCc2nnc(-c3cnn(C)c3)n2CC1. The van der Waals surface area contributed by atoms with Gasteiger partial charge >= 0.3 is 0 Å². The van der Waals surface area contributed by atoms with E-state index >= 15 is 0 Å². The molecular weight excluding hydrogens is 336 g/mol. The molecule has 1 amide bonds. The van der Waals surface area contributed by atoms with Crippen molar-refractivity contribution in [2.75, 3.05) is 0 Å². The topological polar surface area (TPSA) is 77.6 Å². The van der Waals surface area contributed by atoms with Crippen LogP contribution in [0.4, 0.5) is 0 Å². The van der Waals surface area contributed by atoms with Crippen LogP contribution in [0.1, 0.15) is 33.9 Å². The van der Waals surface area contributed by atoms with Gasteiger partial charge in [0.2, 0.25) is 0 Å². The van der Waals surface area contributed by atoms with Crippen molar-refractivity contribution in [2.24, 2.45) is 7.05 Å². The molecule has 4 rings (SSSR count). The Morgan fingerprint density at radius 3 is 2.96 bits per heavy atom. The zero-order valence-electron chi connectivity index (χ0n) is 14.3. The Hall–Kier alpha value is -2.48. The third-order valence-corrected chi connectivity index (χ3v) is 5.63. The van der Waals surface area contributed by atoms with Crippen LogP contribution in [0.15, 0.2) is 23.8 Å². The number of thiophene rings is 1. The van der Waals surface area contributed by atoms with Crippen molar-refractivity contribution < 1.29 is 4.79 Å². The number of rotatable bonds is 3. The Labute approximate surface area is 149 Å². The van der Waals surface area contributed by atoms with Crippen LogP contribution in [0.2, 0.25) is 0 Å². The summed E-state index contributed by atoms with van der Waals surface area (Å²) in [6, 6.07) is 2.13. The number of nitrogens with zero attached hydrogens (tertiary/aromatic N) is 5. The van der Waals surface area contributed by atoms with E-state index in [0.717, 1.165) is 53.5 Å². The number of nitrogens with one attached hydrogen (secondary N) is 1. The van der Waals surface area contributed by atoms with Gasteiger partial charge in [-0.2, -0.15) is 5.10 Å². The maximum atomic E-state index is 12.5. The lowest BCUT2D eigenvalue weighted by molar-refractivity contribution is 0.0936. The highest BCUT2D eigenvalue weighted by molar-refractivity contribution is 7.12. The number of fused-ring (bicyclic) bond motifs is 1. The summed E-state index contributed by atoms with van der Waals surface area (Å²) in [6.45, 7) is 2.76. The average molecular weight is 356 g/mol. The van der Waals surface area contributed by atoms with Gasteiger partial charge in [-0.3, -0.25) is 9.48 Å². The predicted octanol–water partition coefficient (Wildman–Crippen LogP) is 2.18. The minimum Gasteiger partial charge on any atom is -0.349 e. The molecule has 1 atom stereocenters. The Morgan fingerprint density at radius 1 is 1.36 bits per heavy atom. The number of hydrogen-bond acceptors (Lipinski definition) is 5. The molecule has 0 saturated heterocycles. The third-order valence-electron chi connectivity index (χ3n) is 4.61. The molecular formula is C17H20N6OS. The molecule has 3 aromatic rings. The maximum Gasteiger partial charge on any atom is 0.261 e. The smallest absolute Gasteiger partial charge is 0.261 e. The molecule has 130 valence electrons. The fraction of sp³-hybridized carbons (Fsp3) is 0.412. The standard InChI is InChI=1S/C17H20N6OS/c1-11-6-8-25-15(11)17(24)19-13-3-4-14-20-21-16(23(14)7-5-13)12-9-18-22(2)10-12/h6,8-10,13H,3-5,7H2,1-2H3,(H,19,24). The zero-order chi connectivity index (χ0) is 17.4. The van der Waals surface area contributed by atoms with Crippen molar-refractivity contribution in [1.29, 1.82) is 0 Å². The number of hydrogen-bond donors (Lipinski definition) is 1. The highest BCUT2D eigenvalue weighted by Crippen LogP contribution is 2.23. The first-order valence-electron chi connectivity index (χ1n) is 8.38. The van der Waals surface area contributed by atoms with Gasteiger partial charge in [0.1, 0.15) is 5.82 Å². The molecule has 3 aromatic heterocycles. The molecule has 0 radical (unpaired) electrons. The van der Waals surface area contributed by atoms with Gasteiger partial charge in [-0.1, -0.05) is 0 Å². The van der Waals surface area contributed by atoms with Gasteiger partial charge in [-0.25, -0.2) is 0 Å². The first kappa shape index (κ1) is 16.0. The van der Waals surface area contributed by atoms with Crippen LogP contribution in [0.25, 0.3) is 11.4 Å². The second kappa shape index (κ2) is 6.44. The van der Waals surface area contributed by atoms with Crippen LogP contribution < -0.4 is 5.32 Å². The van der Waals surface area contributed by atoms with Crippen molar-refractivity contribution in [3.63, 3.8) is 0 Å². The molecule has 1 aliphatic heterocycles. The molecule has 0 spiro atoms. The van der Waals surface area contributed by atoms with Crippen LogP contribution in [0.5, 0.6) is 0 Å². The zero-order valence-corrected chi connectivity index (χ0v) is 15.1. The predicted molar refractivity (Wildman–Crippen MR) is 95.5 cm³/mol. The molecule has 4 heterocycles. The minimum atomic E-state index is 0.0302. The molecule has 1 N–H and O–H groups in total. The van der Waals surface area contributed by atoms with Crippen molar-refractivity contribution in [2.45, 2.75) is 38.8 Å². The Kier molecular flexibility index (Phi) is 4.12. The molecule has 0 saturated carbocycles. The molecule has 0 aliphatic carbocycles. The number of amides is 1. The molecule has 0 bridgehead atoms. The van der Waals surface area contributed by atoms with E-state index in [9.17, 15) is 4.79 Å². The molecule has 0 fully saturated rings. The van der Waals surface area contributed by atoms with Gasteiger partial charge in [0.15, 0.2) is 5.82 Å². The lowest BCUT2D eigenvalue weighted by Gasteiger charge is -2.16. The first-order chi connectivity index (χ1) is 12.1. The fourth-order valence-corrected chi connectivity index (χ4v) is 4.07. The second-order valence-corrected chi connectivity index (χ2v) is 7.34.